The SMILES string of the molecule is C=N/C(=C\C(CN(C)C1CCCc2c1ncc(/C=C/C#N)c2C)=NC)N1CCNCC1. The van der Waals surface area contributed by atoms with Gasteiger partial charge in [0.2, 0.25) is 0 Å². The Morgan fingerprint density at radius 2 is 2.23 bits per heavy atom. The number of fused-ring (bicyclic) bond motifs is 1. The molecule has 1 aromatic rings. The fourth-order valence-electron chi connectivity index (χ4n) is 4.44. The van der Waals surface area contributed by atoms with Crippen LogP contribution in [0.4, 0.5) is 0 Å². The molecule has 7 nitrogen and oxygen atoms in total. The minimum Gasteiger partial charge on any atom is -0.354 e. The Labute approximate surface area is 185 Å². The number of aromatic nitrogens is 1. The molecular formula is C24H33N7. The van der Waals surface area contributed by atoms with Crippen LogP contribution in [0, 0.1) is 18.3 Å². The van der Waals surface area contributed by atoms with Crippen LogP contribution in [0.3, 0.4) is 0 Å². The molecule has 0 bridgehead atoms. The monoisotopic (exact) mass is 419 g/mol. The highest BCUT2D eigenvalue weighted by molar-refractivity contribution is 5.97. The molecule has 1 aliphatic heterocycles. The first kappa shape index (κ1) is 22.9. The van der Waals surface area contributed by atoms with Crippen LogP contribution < -0.4 is 5.32 Å². The number of nitriles is 1. The first-order valence-electron chi connectivity index (χ1n) is 10.9. The van der Waals surface area contributed by atoms with Crippen molar-refractivity contribution in [2.75, 3.05) is 46.8 Å². The number of hydrogen-bond acceptors (Lipinski definition) is 7. The summed E-state index contributed by atoms with van der Waals surface area (Å²) in [4.78, 5) is 18.2. The summed E-state index contributed by atoms with van der Waals surface area (Å²) < 4.78 is 0. The maximum absolute atomic E-state index is 8.85. The van der Waals surface area contributed by atoms with Gasteiger partial charge in [-0.15, -0.1) is 0 Å². The van der Waals surface area contributed by atoms with E-state index in [1.165, 1.54) is 17.2 Å². The summed E-state index contributed by atoms with van der Waals surface area (Å²) in [7, 11) is 3.98. The van der Waals surface area contributed by atoms with E-state index >= 15 is 0 Å². The van der Waals surface area contributed by atoms with E-state index in [4.69, 9.17) is 10.2 Å². The zero-order chi connectivity index (χ0) is 22.2. The van der Waals surface area contributed by atoms with Gasteiger partial charge in [0.1, 0.15) is 5.82 Å². The third kappa shape index (κ3) is 5.46. The van der Waals surface area contributed by atoms with E-state index < -0.39 is 0 Å². The van der Waals surface area contributed by atoms with Gasteiger partial charge < -0.3 is 10.2 Å². The number of nitrogens with zero attached hydrogens (tertiary/aromatic N) is 6. The minimum absolute atomic E-state index is 0.251. The maximum Gasteiger partial charge on any atom is 0.129 e. The molecule has 7 heteroatoms. The topological polar surface area (TPSA) is 79.9 Å². The lowest BCUT2D eigenvalue weighted by Gasteiger charge is -2.33. The van der Waals surface area contributed by atoms with E-state index in [1.807, 2.05) is 19.3 Å². The molecule has 1 aromatic heterocycles. The van der Waals surface area contributed by atoms with Gasteiger partial charge in [-0.3, -0.25) is 14.9 Å². The standard InChI is InChI=1S/C24H33N7/c1-18-19(7-6-10-25)16-29-24-21(18)8-5-9-22(24)30(4)17-20(26-2)15-23(27-3)31-13-11-28-12-14-31/h6-7,15-16,22,28H,3,5,8-9,11-14,17H2,1-2,4H3/b7-6+,23-15+,26-20?. The summed E-state index contributed by atoms with van der Waals surface area (Å²) >= 11 is 0. The van der Waals surface area contributed by atoms with Crippen LogP contribution in [0.1, 0.15) is 41.3 Å². The number of pyridine rings is 1. The Morgan fingerprint density at radius 3 is 2.90 bits per heavy atom. The van der Waals surface area contributed by atoms with Crippen molar-refractivity contribution >= 4 is 18.5 Å². The molecule has 0 aromatic carbocycles. The molecule has 1 aliphatic carbocycles. The number of aliphatic imine (C=N–C) groups is 2. The van der Waals surface area contributed by atoms with Gasteiger partial charge in [-0.05, 0) is 62.7 Å². The second-order valence-corrected chi connectivity index (χ2v) is 8.10. The first-order chi connectivity index (χ1) is 15.1. The quantitative estimate of drug-likeness (QED) is 0.543. The number of allylic oxidation sites excluding steroid dienone is 1. The lowest BCUT2D eigenvalue weighted by Crippen LogP contribution is -2.42. The third-order valence-corrected chi connectivity index (χ3v) is 6.22. The van der Waals surface area contributed by atoms with Crippen molar-refractivity contribution in [3.63, 3.8) is 0 Å². The molecule has 2 heterocycles. The summed E-state index contributed by atoms with van der Waals surface area (Å²) in [6.07, 6.45) is 10.6. The van der Waals surface area contributed by atoms with Crippen molar-refractivity contribution in [1.29, 1.82) is 5.26 Å². The Hall–Kier alpha value is -2.82. The van der Waals surface area contributed by atoms with E-state index in [-0.39, 0.29) is 6.04 Å². The molecule has 2 aliphatic rings. The van der Waals surface area contributed by atoms with Gasteiger partial charge in [-0.2, -0.15) is 5.26 Å². The number of hydrogen-bond donors (Lipinski definition) is 1. The van der Waals surface area contributed by atoms with Crippen LogP contribution in [0.15, 0.2) is 34.2 Å². The van der Waals surface area contributed by atoms with E-state index in [2.05, 4.69) is 57.9 Å². The van der Waals surface area contributed by atoms with Gasteiger partial charge in [0.15, 0.2) is 0 Å². The van der Waals surface area contributed by atoms with Crippen molar-refractivity contribution in [2.24, 2.45) is 9.98 Å². The van der Waals surface area contributed by atoms with E-state index in [1.54, 1.807) is 0 Å². The largest absolute Gasteiger partial charge is 0.354 e. The van der Waals surface area contributed by atoms with Gasteiger partial charge in [-0.25, -0.2) is 4.99 Å². The minimum atomic E-state index is 0.251. The van der Waals surface area contributed by atoms with Crippen molar-refractivity contribution in [3.8, 4) is 6.07 Å². The smallest absolute Gasteiger partial charge is 0.129 e. The van der Waals surface area contributed by atoms with Crippen LogP contribution in [0.2, 0.25) is 0 Å². The Balaban J connectivity index is 1.79. The molecule has 164 valence electrons. The van der Waals surface area contributed by atoms with Gasteiger partial charge >= 0.3 is 0 Å². The molecule has 0 spiro atoms. The second kappa shape index (κ2) is 11.0. The van der Waals surface area contributed by atoms with Gasteiger partial charge in [0, 0.05) is 58.1 Å². The Kier molecular flexibility index (Phi) is 8.10. The highest BCUT2D eigenvalue weighted by atomic mass is 15.2. The van der Waals surface area contributed by atoms with E-state index in [0.717, 1.165) is 74.8 Å². The molecule has 1 N–H and O–H groups in total. The summed E-state index contributed by atoms with van der Waals surface area (Å²) in [6.45, 7) is 10.4. The van der Waals surface area contributed by atoms with Gasteiger partial charge in [0.25, 0.3) is 0 Å². The van der Waals surface area contributed by atoms with Crippen molar-refractivity contribution < 1.29 is 0 Å². The molecular weight excluding hydrogens is 386 g/mol. The fourth-order valence-corrected chi connectivity index (χ4v) is 4.44. The lowest BCUT2D eigenvalue weighted by atomic mass is 9.87. The fraction of sp³-hybridized carbons (Fsp3) is 0.500. The molecule has 1 unspecified atom stereocenters. The Morgan fingerprint density at radius 1 is 1.45 bits per heavy atom. The number of nitrogens with one attached hydrogen (secondary N) is 1. The highest BCUT2D eigenvalue weighted by Crippen LogP contribution is 2.35. The highest BCUT2D eigenvalue weighted by Gasteiger charge is 2.27. The third-order valence-electron chi connectivity index (χ3n) is 6.22. The van der Waals surface area contributed by atoms with Crippen molar-refractivity contribution in [1.82, 2.24) is 20.1 Å². The number of rotatable bonds is 7. The maximum atomic E-state index is 8.85. The summed E-state index contributed by atoms with van der Waals surface area (Å²) in [5, 5.41) is 12.2. The normalized spacial score (nSPS) is 20.1. The van der Waals surface area contributed by atoms with Crippen LogP contribution in [-0.4, -0.2) is 74.0 Å². The van der Waals surface area contributed by atoms with E-state index in [9.17, 15) is 0 Å². The van der Waals surface area contributed by atoms with Crippen molar-refractivity contribution in [2.45, 2.75) is 32.2 Å². The summed E-state index contributed by atoms with van der Waals surface area (Å²) in [6, 6.07) is 2.32. The molecule has 1 fully saturated rings. The second-order valence-electron chi connectivity index (χ2n) is 8.10. The predicted molar refractivity (Wildman–Crippen MR) is 127 cm³/mol. The molecule has 31 heavy (non-hydrogen) atoms. The molecule has 3 rings (SSSR count). The average molecular weight is 420 g/mol. The van der Waals surface area contributed by atoms with Crippen LogP contribution >= 0.6 is 0 Å². The molecule has 0 radical (unpaired) electrons. The molecule has 1 atom stereocenters. The zero-order valence-electron chi connectivity index (χ0n) is 18.9. The Bertz CT molecular complexity index is 917. The predicted octanol–water partition coefficient (Wildman–Crippen LogP) is 2.75. The number of piperazine rings is 1. The van der Waals surface area contributed by atoms with Gasteiger partial charge in [0.05, 0.1) is 23.5 Å². The molecule has 0 saturated carbocycles. The van der Waals surface area contributed by atoms with Gasteiger partial charge in [-0.1, -0.05) is 0 Å². The zero-order valence-corrected chi connectivity index (χ0v) is 18.9. The first-order valence-corrected chi connectivity index (χ1v) is 10.9. The summed E-state index contributed by atoms with van der Waals surface area (Å²) in [5.41, 5.74) is 5.73. The van der Waals surface area contributed by atoms with Crippen LogP contribution in [0.25, 0.3) is 6.08 Å². The molecule has 1 saturated heterocycles. The summed E-state index contributed by atoms with van der Waals surface area (Å²) in [5.74, 6) is 0.891. The van der Waals surface area contributed by atoms with Crippen molar-refractivity contribution in [3.05, 3.63) is 46.6 Å². The van der Waals surface area contributed by atoms with Crippen LogP contribution in [-0.2, 0) is 6.42 Å². The van der Waals surface area contributed by atoms with E-state index in [0.29, 0.717) is 0 Å². The van der Waals surface area contributed by atoms with Crippen LogP contribution in [0.5, 0.6) is 0 Å². The average Bonchev–Trinajstić information content (AvgIpc) is 2.81. The lowest BCUT2D eigenvalue weighted by molar-refractivity contribution is 0.244. The molecule has 0 amide bonds.